The van der Waals surface area contributed by atoms with Crippen molar-refractivity contribution in [3.63, 3.8) is 0 Å². The van der Waals surface area contributed by atoms with Gasteiger partial charge in [-0.05, 0) is 44.8 Å². The van der Waals surface area contributed by atoms with Gasteiger partial charge >= 0.3 is 0 Å². The van der Waals surface area contributed by atoms with E-state index in [1.807, 2.05) is 0 Å². The molecule has 0 aliphatic carbocycles. The molecular formula is C27H16F4O. The average molecular weight is 432 g/mol. The van der Waals surface area contributed by atoms with E-state index in [-0.39, 0.29) is 11.3 Å². The summed E-state index contributed by atoms with van der Waals surface area (Å²) in [4.78, 5) is 0. The summed E-state index contributed by atoms with van der Waals surface area (Å²) in [5.74, 6) is -3.33. The van der Waals surface area contributed by atoms with Gasteiger partial charge in [0.25, 0.3) is 0 Å². The Balaban J connectivity index is 1.97. The maximum atomic E-state index is 15.1. The zero-order valence-corrected chi connectivity index (χ0v) is 16.9. The fourth-order valence-corrected chi connectivity index (χ4v) is 4.27. The van der Waals surface area contributed by atoms with Crippen LogP contribution in [0.4, 0.5) is 17.6 Å². The van der Waals surface area contributed by atoms with Crippen LogP contribution in [0.1, 0.15) is 0 Å². The lowest BCUT2D eigenvalue weighted by Gasteiger charge is -2.18. The quantitative estimate of drug-likeness (QED) is 0.208. The number of halogens is 4. The fraction of sp³-hybridized carbons (Fsp3) is 0.0370. The highest BCUT2D eigenvalue weighted by Crippen LogP contribution is 2.45. The van der Waals surface area contributed by atoms with Gasteiger partial charge in [0.1, 0.15) is 17.4 Å². The number of hydrogen-bond acceptors (Lipinski definition) is 1. The Morgan fingerprint density at radius 2 is 1.00 bits per heavy atom. The van der Waals surface area contributed by atoms with Gasteiger partial charge in [0, 0.05) is 17.7 Å². The average Bonchev–Trinajstić information content (AvgIpc) is 2.80. The summed E-state index contributed by atoms with van der Waals surface area (Å²) >= 11 is 0. The molecule has 0 aromatic heterocycles. The van der Waals surface area contributed by atoms with Crippen LogP contribution in [0.3, 0.4) is 0 Å². The molecule has 0 atom stereocenters. The number of fused-ring (bicyclic) bond motifs is 2. The van der Waals surface area contributed by atoms with E-state index in [4.69, 9.17) is 4.74 Å². The zero-order valence-electron chi connectivity index (χ0n) is 16.9. The molecule has 32 heavy (non-hydrogen) atoms. The molecule has 0 unspecified atom stereocenters. The van der Waals surface area contributed by atoms with Crippen molar-refractivity contribution < 1.29 is 22.3 Å². The predicted octanol–water partition coefficient (Wildman–Crippen LogP) is 7.89. The molecule has 0 amide bonds. The van der Waals surface area contributed by atoms with E-state index in [0.717, 1.165) is 24.3 Å². The summed E-state index contributed by atoms with van der Waals surface area (Å²) in [6.07, 6.45) is 0. The molecule has 5 rings (SSSR count). The third-order valence-corrected chi connectivity index (χ3v) is 5.64. The van der Waals surface area contributed by atoms with Crippen LogP contribution in [-0.4, -0.2) is 7.11 Å². The summed E-state index contributed by atoms with van der Waals surface area (Å²) in [7, 11) is 1.34. The molecule has 0 radical (unpaired) electrons. The Hall–Kier alpha value is -3.86. The molecule has 5 heteroatoms. The monoisotopic (exact) mass is 432 g/mol. The molecule has 158 valence electrons. The molecule has 5 aromatic rings. The second-order valence-corrected chi connectivity index (χ2v) is 7.44. The van der Waals surface area contributed by atoms with Crippen molar-refractivity contribution in [1.82, 2.24) is 0 Å². The molecule has 0 fully saturated rings. The summed E-state index contributed by atoms with van der Waals surface area (Å²) < 4.78 is 63.0. The third-order valence-electron chi connectivity index (χ3n) is 5.64. The van der Waals surface area contributed by atoms with Crippen molar-refractivity contribution in [2.75, 3.05) is 7.11 Å². The molecule has 0 spiro atoms. The van der Waals surface area contributed by atoms with Crippen LogP contribution in [0, 0.1) is 23.3 Å². The zero-order chi connectivity index (χ0) is 22.4. The maximum absolute atomic E-state index is 15.1. The number of methoxy groups -OCH3 is 1. The lowest BCUT2D eigenvalue weighted by atomic mass is 9.85. The molecule has 0 saturated heterocycles. The summed E-state index contributed by atoms with van der Waals surface area (Å²) in [5, 5.41) is 2.52. The molecule has 5 aromatic carbocycles. The first-order valence-corrected chi connectivity index (χ1v) is 9.92. The van der Waals surface area contributed by atoms with E-state index in [2.05, 4.69) is 0 Å². The lowest BCUT2D eigenvalue weighted by Crippen LogP contribution is -1.97. The first-order chi connectivity index (χ1) is 15.5. The van der Waals surface area contributed by atoms with Crippen LogP contribution in [0.2, 0.25) is 0 Å². The Bertz CT molecular complexity index is 1430. The predicted molar refractivity (Wildman–Crippen MR) is 119 cm³/mol. The SMILES string of the molecule is COc1cc(F)c(-c2c3ccccc3c(-c3ccc(F)c(F)c3)c3ccccc23)c(F)c1. The Kier molecular flexibility index (Phi) is 4.82. The summed E-state index contributed by atoms with van der Waals surface area (Å²) in [5.41, 5.74) is 1.35. The maximum Gasteiger partial charge on any atom is 0.159 e. The van der Waals surface area contributed by atoms with Crippen LogP contribution < -0.4 is 4.74 Å². The highest BCUT2D eigenvalue weighted by Gasteiger charge is 2.22. The number of hydrogen-bond donors (Lipinski definition) is 0. The molecule has 0 saturated carbocycles. The van der Waals surface area contributed by atoms with E-state index in [1.54, 1.807) is 48.5 Å². The molecular weight excluding hydrogens is 416 g/mol. The van der Waals surface area contributed by atoms with Crippen molar-refractivity contribution in [3.05, 3.63) is 102 Å². The van der Waals surface area contributed by atoms with Gasteiger partial charge in [-0.3, -0.25) is 0 Å². The van der Waals surface area contributed by atoms with E-state index in [1.165, 1.54) is 13.2 Å². The molecule has 0 aliphatic heterocycles. The second kappa shape index (κ2) is 7.68. The molecule has 0 N–H and O–H groups in total. The minimum atomic E-state index is -0.966. The van der Waals surface area contributed by atoms with Crippen LogP contribution in [0.15, 0.2) is 78.9 Å². The van der Waals surface area contributed by atoms with Gasteiger partial charge in [-0.2, -0.15) is 0 Å². The third kappa shape index (κ3) is 3.09. The summed E-state index contributed by atoms with van der Waals surface area (Å²) in [6, 6.07) is 20.3. The van der Waals surface area contributed by atoms with Crippen LogP contribution >= 0.6 is 0 Å². The normalized spacial score (nSPS) is 11.3. The van der Waals surface area contributed by atoms with Gasteiger partial charge in [0.15, 0.2) is 11.6 Å². The lowest BCUT2D eigenvalue weighted by molar-refractivity contribution is 0.407. The van der Waals surface area contributed by atoms with E-state index >= 15 is 8.78 Å². The first kappa shape index (κ1) is 20.1. The topological polar surface area (TPSA) is 9.23 Å². The standard InChI is InChI=1S/C27H16F4O/c1-32-16-13-23(30)27(24(31)14-16)26-19-8-4-2-6-17(19)25(18-7-3-5-9-20(18)26)15-10-11-21(28)22(29)12-15/h2-14H,1H3. The highest BCUT2D eigenvalue weighted by molar-refractivity contribution is 6.21. The second-order valence-electron chi connectivity index (χ2n) is 7.44. The molecule has 0 heterocycles. The first-order valence-electron chi connectivity index (χ1n) is 9.92. The van der Waals surface area contributed by atoms with Crippen molar-refractivity contribution in [2.24, 2.45) is 0 Å². The van der Waals surface area contributed by atoms with Crippen molar-refractivity contribution in [1.29, 1.82) is 0 Å². The minimum absolute atomic E-state index is 0.0794. The van der Waals surface area contributed by atoms with Gasteiger partial charge in [-0.15, -0.1) is 0 Å². The van der Waals surface area contributed by atoms with Gasteiger partial charge in [-0.25, -0.2) is 17.6 Å². The van der Waals surface area contributed by atoms with Crippen molar-refractivity contribution in [3.8, 4) is 28.0 Å². The Morgan fingerprint density at radius 1 is 0.500 bits per heavy atom. The van der Waals surface area contributed by atoms with E-state index in [9.17, 15) is 8.78 Å². The van der Waals surface area contributed by atoms with Gasteiger partial charge in [-0.1, -0.05) is 54.6 Å². The van der Waals surface area contributed by atoms with Crippen molar-refractivity contribution in [2.45, 2.75) is 0 Å². The van der Waals surface area contributed by atoms with Crippen LogP contribution in [-0.2, 0) is 0 Å². The Labute approximate surface area is 181 Å². The summed E-state index contributed by atoms with van der Waals surface area (Å²) in [6.45, 7) is 0. The number of benzene rings is 5. The molecule has 0 aliphatic rings. The van der Waals surface area contributed by atoms with E-state index < -0.39 is 23.3 Å². The number of ether oxygens (including phenoxy) is 1. The molecule has 1 nitrogen and oxygen atoms in total. The highest BCUT2D eigenvalue weighted by atomic mass is 19.2. The van der Waals surface area contributed by atoms with Crippen LogP contribution in [0.25, 0.3) is 43.8 Å². The Morgan fingerprint density at radius 3 is 1.47 bits per heavy atom. The number of rotatable bonds is 3. The van der Waals surface area contributed by atoms with Gasteiger partial charge in [0.2, 0.25) is 0 Å². The fourth-order valence-electron chi connectivity index (χ4n) is 4.27. The van der Waals surface area contributed by atoms with E-state index in [0.29, 0.717) is 38.2 Å². The van der Waals surface area contributed by atoms with Crippen LogP contribution in [0.5, 0.6) is 5.75 Å². The van der Waals surface area contributed by atoms with Gasteiger partial charge < -0.3 is 4.74 Å². The van der Waals surface area contributed by atoms with Crippen molar-refractivity contribution >= 4 is 21.5 Å². The van der Waals surface area contributed by atoms with Gasteiger partial charge in [0.05, 0.1) is 12.7 Å². The largest absolute Gasteiger partial charge is 0.497 e. The molecule has 0 bridgehead atoms. The minimum Gasteiger partial charge on any atom is -0.497 e. The smallest absolute Gasteiger partial charge is 0.159 e.